The Morgan fingerprint density at radius 2 is 1.06 bits per heavy atom. The Labute approximate surface area is 309 Å². The number of epoxide rings is 2. The van der Waals surface area contributed by atoms with Crippen LogP contribution in [0, 0.1) is 22.7 Å². The molecule has 6 aliphatic rings. The quantitative estimate of drug-likeness (QED) is 0.0887. The Morgan fingerprint density at radius 1 is 0.698 bits per heavy atom. The van der Waals surface area contributed by atoms with Crippen LogP contribution in [0.25, 0.3) is 0 Å². The number of esters is 4. The highest BCUT2D eigenvalue weighted by molar-refractivity contribution is 5.94. The number of cyclic esters (lactones) is 2. The summed E-state index contributed by atoms with van der Waals surface area (Å²) in [5.41, 5.74) is -3.98. The van der Waals surface area contributed by atoms with Crippen LogP contribution in [0.2, 0.25) is 0 Å². The molecule has 0 aromatic heterocycles. The van der Waals surface area contributed by atoms with Crippen LogP contribution in [-0.2, 0) is 61.9 Å². The minimum atomic E-state index is -1.58. The van der Waals surface area contributed by atoms with Crippen LogP contribution in [0.15, 0.2) is 45.6 Å². The molecule has 0 aromatic carbocycles. The second kappa shape index (κ2) is 13.4. The van der Waals surface area contributed by atoms with Crippen molar-refractivity contribution in [1.29, 1.82) is 0 Å². The van der Waals surface area contributed by atoms with E-state index in [9.17, 15) is 28.8 Å². The third-order valence-electron chi connectivity index (χ3n) is 13.6. The van der Waals surface area contributed by atoms with Crippen molar-refractivity contribution in [2.24, 2.45) is 22.7 Å². The lowest BCUT2D eigenvalue weighted by molar-refractivity contribution is -0.214. The van der Waals surface area contributed by atoms with E-state index in [1.165, 1.54) is 13.8 Å². The summed E-state index contributed by atoms with van der Waals surface area (Å²) in [4.78, 5) is 79.7. The van der Waals surface area contributed by atoms with Crippen LogP contribution < -0.4 is 0 Å². The summed E-state index contributed by atoms with van der Waals surface area (Å²) in [7, 11) is 0. The number of carbonyl (C=O) groups is 6. The van der Waals surface area contributed by atoms with Gasteiger partial charge in [0.2, 0.25) is 12.6 Å². The van der Waals surface area contributed by atoms with E-state index in [0.717, 1.165) is 12.6 Å². The van der Waals surface area contributed by atoms with Gasteiger partial charge < -0.3 is 28.4 Å². The molecule has 0 bridgehead atoms. The standard InChI is InChI=1S/C40H50O13/c1-11-19(3)31(43)47-29(37(9)21(5)13-15-25-39(37,17-41)52-25)27-23(7)33(45)49-35(27)51-36-28(24(8)34(46)50-36)30(48-32(44)20(4)12-2)38(10)22(6)14-16-26-40(38,18-42)53-26/h11-12,17-18,21-22,25-26,29-30,35-36H,13-16H2,1-10H3. The minimum absolute atomic E-state index is 0.0865. The van der Waals surface area contributed by atoms with E-state index >= 15 is 0 Å². The predicted molar refractivity (Wildman–Crippen MR) is 185 cm³/mol. The largest absolute Gasteiger partial charge is 0.453 e. The van der Waals surface area contributed by atoms with Crippen LogP contribution in [0.4, 0.5) is 0 Å². The smallest absolute Gasteiger partial charge is 0.336 e. The van der Waals surface area contributed by atoms with Gasteiger partial charge in [0.05, 0.1) is 12.2 Å². The number of carbonyl (C=O) groups excluding carboxylic acids is 6. The van der Waals surface area contributed by atoms with E-state index in [2.05, 4.69) is 0 Å². The van der Waals surface area contributed by atoms with Gasteiger partial charge in [-0.3, -0.25) is 14.3 Å². The van der Waals surface area contributed by atoms with Gasteiger partial charge in [0.1, 0.15) is 12.2 Å². The second-order valence-electron chi connectivity index (χ2n) is 15.8. The van der Waals surface area contributed by atoms with Gasteiger partial charge in [-0.1, -0.05) is 39.8 Å². The molecule has 4 fully saturated rings. The summed E-state index contributed by atoms with van der Waals surface area (Å²) < 4.78 is 42.7. The molecule has 53 heavy (non-hydrogen) atoms. The molecule has 2 aliphatic carbocycles. The van der Waals surface area contributed by atoms with Gasteiger partial charge in [-0.2, -0.15) is 0 Å². The lowest BCUT2D eigenvalue weighted by Crippen LogP contribution is -2.58. The van der Waals surface area contributed by atoms with E-state index in [4.69, 9.17) is 33.2 Å². The van der Waals surface area contributed by atoms with Gasteiger partial charge in [0.25, 0.3) is 0 Å². The topological polar surface area (TPSA) is 174 Å². The highest BCUT2D eigenvalue weighted by Gasteiger charge is 2.76. The van der Waals surface area contributed by atoms with Gasteiger partial charge in [0, 0.05) is 44.3 Å². The summed E-state index contributed by atoms with van der Waals surface area (Å²) in [6.07, 6.45) is 0.695. The molecule has 2 saturated carbocycles. The molecule has 6 rings (SSSR count). The number of rotatable bonds is 12. The first kappa shape index (κ1) is 38.8. The zero-order valence-electron chi connectivity index (χ0n) is 32.1. The first-order valence-electron chi connectivity index (χ1n) is 18.4. The molecule has 13 heteroatoms. The highest BCUT2D eigenvalue weighted by Crippen LogP contribution is 2.65. The van der Waals surface area contributed by atoms with Crippen molar-refractivity contribution < 1.29 is 61.9 Å². The van der Waals surface area contributed by atoms with Crippen molar-refractivity contribution in [2.75, 3.05) is 0 Å². The van der Waals surface area contributed by atoms with Crippen molar-refractivity contribution in [3.63, 3.8) is 0 Å². The monoisotopic (exact) mass is 738 g/mol. The first-order valence-corrected chi connectivity index (χ1v) is 18.4. The van der Waals surface area contributed by atoms with Crippen LogP contribution in [0.3, 0.4) is 0 Å². The fourth-order valence-electron chi connectivity index (χ4n) is 9.15. The molecule has 4 heterocycles. The molecule has 288 valence electrons. The zero-order chi connectivity index (χ0) is 39.0. The Kier molecular flexibility index (Phi) is 9.82. The first-order chi connectivity index (χ1) is 24.9. The normalized spacial score (nSPS) is 40.4. The van der Waals surface area contributed by atoms with Crippen molar-refractivity contribution >= 4 is 36.4 Å². The van der Waals surface area contributed by atoms with Crippen molar-refractivity contribution in [2.45, 2.75) is 143 Å². The summed E-state index contributed by atoms with van der Waals surface area (Å²) in [5.74, 6) is -3.39. The fraction of sp³-hybridized carbons (Fsp3) is 0.650. The maximum Gasteiger partial charge on any atom is 0.336 e. The SMILES string of the molecule is CC=C(C)C(=O)OC(C1=C(C)C(=O)OC1OC1OC(=O)C(C)=C1C(OC(=O)C(C)=CC)C1(C)C(C)CCC2OC21C=O)C1(C)C(C)CCC2OC21C=O. The number of fused-ring (bicyclic) bond motifs is 2. The summed E-state index contributed by atoms with van der Waals surface area (Å²) >= 11 is 0. The average Bonchev–Trinajstić information content (AvgIpc) is 4.03. The van der Waals surface area contributed by atoms with E-state index < -0.39 is 82.9 Å². The van der Waals surface area contributed by atoms with E-state index in [1.807, 2.05) is 13.8 Å². The fourth-order valence-corrected chi connectivity index (χ4v) is 9.15. The summed E-state index contributed by atoms with van der Waals surface area (Å²) in [6, 6.07) is 0. The minimum Gasteiger partial charge on any atom is -0.453 e. The molecule has 12 atom stereocenters. The summed E-state index contributed by atoms with van der Waals surface area (Å²) in [5, 5.41) is 0. The maximum atomic E-state index is 13.6. The summed E-state index contributed by atoms with van der Waals surface area (Å²) in [6.45, 7) is 17.0. The molecule has 13 nitrogen and oxygen atoms in total. The lowest BCUT2D eigenvalue weighted by Gasteiger charge is -2.48. The molecule has 4 aliphatic heterocycles. The Morgan fingerprint density at radius 3 is 1.38 bits per heavy atom. The van der Waals surface area contributed by atoms with Crippen molar-refractivity contribution in [1.82, 2.24) is 0 Å². The molecule has 12 unspecified atom stereocenters. The predicted octanol–water partition coefficient (Wildman–Crippen LogP) is 4.70. The lowest BCUT2D eigenvalue weighted by atomic mass is 9.57. The molecular formula is C40H50O13. The average molecular weight is 739 g/mol. The number of aldehydes is 2. The second-order valence-corrected chi connectivity index (χ2v) is 15.8. The van der Waals surface area contributed by atoms with Crippen molar-refractivity contribution in [3.8, 4) is 0 Å². The van der Waals surface area contributed by atoms with Crippen LogP contribution in [-0.4, -0.2) is 84.6 Å². The number of allylic oxidation sites excluding steroid dienone is 2. The van der Waals surface area contributed by atoms with Gasteiger partial charge in [-0.15, -0.1) is 0 Å². The van der Waals surface area contributed by atoms with Crippen LogP contribution in [0.1, 0.15) is 94.9 Å². The third kappa shape index (κ3) is 5.51. The van der Waals surface area contributed by atoms with Crippen LogP contribution >= 0.6 is 0 Å². The van der Waals surface area contributed by atoms with Crippen LogP contribution in [0.5, 0.6) is 0 Å². The van der Waals surface area contributed by atoms with Gasteiger partial charge in [-0.25, -0.2) is 19.2 Å². The molecular weight excluding hydrogens is 688 g/mol. The van der Waals surface area contributed by atoms with Gasteiger partial charge in [0.15, 0.2) is 23.8 Å². The molecule has 0 aromatic rings. The Bertz CT molecular complexity index is 1640. The van der Waals surface area contributed by atoms with E-state index in [0.29, 0.717) is 36.8 Å². The molecule has 0 spiro atoms. The van der Waals surface area contributed by atoms with Gasteiger partial charge in [-0.05, 0) is 79.1 Å². The number of ether oxygens (including phenoxy) is 7. The van der Waals surface area contributed by atoms with Crippen molar-refractivity contribution in [3.05, 3.63) is 45.6 Å². The molecule has 2 saturated heterocycles. The van der Waals surface area contributed by atoms with E-state index in [-0.39, 0.29) is 34.1 Å². The molecule has 0 amide bonds. The number of hydrogen-bond acceptors (Lipinski definition) is 13. The Balaban J connectivity index is 1.45. The highest BCUT2D eigenvalue weighted by atomic mass is 16.8. The molecule has 0 N–H and O–H groups in total. The number of hydrogen-bond donors (Lipinski definition) is 0. The van der Waals surface area contributed by atoms with Gasteiger partial charge >= 0.3 is 23.9 Å². The maximum absolute atomic E-state index is 13.6. The molecule has 0 radical (unpaired) electrons. The third-order valence-corrected chi connectivity index (χ3v) is 13.6. The van der Waals surface area contributed by atoms with E-state index in [1.54, 1.807) is 53.7 Å². The zero-order valence-corrected chi connectivity index (χ0v) is 32.1. The Hall–Kier alpha value is -3.94.